The van der Waals surface area contributed by atoms with Gasteiger partial charge in [0.05, 0.1) is 0 Å². The normalized spacial score (nSPS) is 19.5. The minimum absolute atomic E-state index is 0.574. The van der Waals surface area contributed by atoms with Crippen LogP contribution in [-0.2, 0) is 0 Å². The van der Waals surface area contributed by atoms with Crippen molar-refractivity contribution in [2.45, 2.75) is 71.4 Å². The van der Waals surface area contributed by atoms with Crippen LogP contribution in [0, 0.1) is 0 Å². The smallest absolute Gasteiger partial charge is 0.0304 e. The van der Waals surface area contributed by atoms with E-state index in [-0.39, 0.29) is 0 Å². The highest BCUT2D eigenvalue weighted by atomic mass is 15.5. The van der Waals surface area contributed by atoms with E-state index >= 15 is 0 Å². The second-order valence-electron chi connectivity index (χ2n) is 4.63. The van der Waals surface area contributed by atoms with Gasteiger partial charge in [-0.25, -0.2) is 5.01 Å². The lowest BCUT2D eigenvalue weighted by Gasteiger charge is -2.35. The van der Waals surface area contributed by atoms with Crippen molar-refractivity contribution in [1.82, 2.24) is 10.4 Å². The van der Waals surface area contributed by atoms with Gasteiger partial charge in [0.2, 0.25) is 0 Å². The van der Waals surface area contributed by atoms with E-state index in [0.717, 1.165) is 19.0 Å². The van der Waals surface area contributed by atoms with Crippen LogP contribution < -0.4 is 5.43 Å². The molecular formula is C12H25N2. The Morgan fingerprint density at radius 1 is 1.21 bits per heavy atom. The van der Waals surface area contributed by atoms with E-state index in [9.17, 15) is 0 Å². The first-order valence-corrected chi connectivity index (χ1v) is 6.21. The fraction of sp³-hybridized carbons (Fsp3) is 1.00. The largest absolute Gasteiger partial charge is 0.221 e. The third-order valence-corrected chi connectivity index (χ3v) is 2.96. The molecule has 0 heterocycles. The van der Waals surface area contributed by atoms with E-state index in [0.29, 0.717) is 6.04 Å². The summed E-state index contributed by atoms with van der Waals surface area (Å²) in [6, 6.07) is 1.31. The van der Waals surface area contributed by atoms with Gasteiger partial charge in [-0.15, -0.1) is 0 Å². The lowest BCUT2D eigenvalue weighted by molar-refractivity contribution is 0.0565. The summed E-state index contributed by atoms with van der Waals surface area (Å²) < 4.78 is 0. The zero-order valence-corrected chi connectivity index (χ0v) is 10.00. The topological polar surface area (TPSA) is 17.3 Å². The van der Waals surface area contributed by atoms with Crippen LogP contribution in [0.5, 0.6) is 0 Å². The Hall–Kier alpha value is -0.0800. The fourth-order valence-electron chi connectivity index (χ4n) is 2.26. The highest BCUT2D eigenvalue weighted by Gasteiger charge is 2.23. The van der Waals surface area contributed by atoms with Crippen LogP contribution in [0.1, 0.15) is 59.3 Å². The monoisotopic (exact) mass is 197 g/mol. The molecule has 1 aliphatic rings. The molecule has 0 saturated heterocycles. The van der Waals surface area contributed by atoms with Gasteiger partial charge in [0, 0.05) is 18.6 Å². The van der Waals surface area contributed by atoms with E-state index in [1.165, 1.54) is 32.1 Å². The van der Waals surface area contributed by atoms with Crippen molar-refractivity contribution in [3.05, 3.63) is 0 Å². The summed E-state index contributed by atoms with van der Waals surface area (Å²) in [4.78, 5) is 0. The van der Waals surface area contributed by atoms with E-state index in [4.69, 9.17) is 5.43 Å². The van der Waals surface area contributed by atoms with Crippen molar-refractivity contribution in [2.24, 2.45) is 0 Å². The lowest BCUT2D eigenvalue weighted by atomic mass is 9.94. The maximum absolute atomic E-state index is 4.70. The molecule has 0 N–H and O–H groups in total. The van der Waals surface area contributed by atoms with Gasteiger partial charge >= 0.3 is 0 Å². The zero-order chi connectivity index (χ0) is 10.4. The molecule has 0 atom stereocenters. The maximum Gasteiger partial charge on any atom is 0.0304 e. The molecule has 1 rings (SSSR count). The fourth-order valence-corrected chi connectivity index (χ4v) is 2.26. The molecule has 2 nitrogen and oxygen atoms in total. The summed E-state index contributed by atoms with van der Waals surface area (Å²) in [5, 5.41) is 2.36. The number of nitrogens with zero attached hydrogens (tertiary/aromatic N) is 2. The molecule has 1 radical (unpaired) electrons. The van der Waals surface area contributed by atoms with Gasteiger partial charge in [-0.05, 0) is 33.1 Å². The minimum Gasteiger partial charge on any atom is -0.221 e. The van der Waals surface area contributed by atoms with Crippen molar-refractivity contribution in [2.75, 3.05) is 6.54 Å². The molecule has 0 aliphatic heterocycles. The van der Waals surface area contributed by atoms with Gasteiger partial charge in [0.25, 0.3) is 0 Å². The number of hydrogen-bond acceptors (Lipinski definition) is 1. The quantitative estimate of drug-likeness (QED) is 0.619. The number of rotatable bonds is 5. The lowest BCUT2D eigenvalue weighted by Crippen LogP contribution is -2.46. The van der Waals surface area contributed by atoms with Gasteiger partial charge in [-0.2, -0.15) is 5.43 Å². The standard InChI is InChI=1S/C12H25N2/c1-4-10-13-14(11(2)3)12-8-6-5-7-9-12/h11-12H,4-10H2,1-3H3. The minimum atomic E-state index is 0.574. The average molecular weight is 197 g/mol. The highest BCUT2D eigenvalue weighted by molar-refractivity contribution is 4.75. The molecule has 1 aliphatic carbocycles. The van der Waals surface area contributed by atoms with Crippen LogP contribution >= 0.6 is 0 Å². The summed E-state index contributed by atoms with van der Waals surface area (Å²) in [5.41, 5.74) is 4.70. The van der Waals surface area contributed by atoms with Gasteiger partial charge < -0.3 is 0 Å². The van der Waals surface area contributed by atoms with E-state index < -0.39 is 0 Å². The third-order valence-electron chi connectivity index (χ3n) is 2.96. The van der Waals surface area contributed by atoms with Gasteiger partial charge in [-0.1, -0.05) is 26.2 Å². The highest BCUT2D eigenvalue weighted by Crippen LogP contribution is 2.23. The third kappa shape index (κ3) is 3.58. The van der Waals surface area contributed by atoms with Gasteiger partial charge in [-0.3, -0.25) is 0 Å². The Morgan fingerprint density at radius 3 is 2.36 bits per heavy atom. The van der Waals surface area contributed by atoms with E-state index in [1.54, 1.807) is 0 Å². The molecule has 2 heteroatoms. The Morgan fingerprint density at radius 2 is 1.86 bits per heavy atom. The number of hydrogen-bond donors (Lipinski definition) is 0. The van der Waals surface area contributed by atoms with E-state index in [2.05, 4.69) is 25.8 Å². The maximum atomic E-state index is 4.70. The molecule has 0 aromatic carbocycles. The molecule has 0 aromatic rings. The van der Waals surface area contributed by atoms with Crippen LogP contribution in [0.3, 0.4) is 0 Å². The van der Waals surface area contributed by atoms with Gasteiger partial charge in [0.15, 0.2) is 0 Å². The molecule has 83 valence electrons. The van der Waals surface area contributed by atoms with Crippen LogP contribution in [0.2, 0.25) is 0 Å². The van der Waals surface area contributed by atoms with Crippen molar-refractivity contribution in [3.8, 4) is 0 Å². The van der Waals surface area contributed by atoms with Crippen molar-refractivity contribution in [3.63, 3.8) is 0 Å². The SMILES string of the molecule is CCC[N]N(C(C)C)C1CCCCC1. The predicted molar refractivity (Wildman–Crippen MR) is 61.1 cm³/mol. The second-order valence-corrected chi connectivity index (χ2v) is 4.63. The molecule has 0 unspecified atom stereocenters. The van der Waals surface area contributed by atoms with Gasteiger partial charge in [0.1, 0.15) is 0 Å². The Kier molecular flexibility index (Phi) is 5.49. The molecule has 0 aromatic heterocycles. The Labute approximate surface area is 89.0 Å². The van der Waals surface area contributed by atoms with Crippen LogP contribution in [0.4, 0.5) is 0 Å². The Balaban J connectivity index is 2.39. The second kappa shape index (κ2) is 6.41. The van der Waals surface area contributed by atoms with Crippen LogP contribution in [0.25, 0.3) is 0 Å². The summed E-state index contributed by atoms with van der Waals surface area (Å²) >= 11 is 0. The summed E-state index contributed by atoms with van der Waals surface area (Å²) in [5.74, 6) is 0. The zero-order valence-electron chi connectivity index (χ0n) is 10.00. The summed E-state index contributed by atoms with van der Waals surface area (Å²) in [6.45, 7) is 7.71. The average Bonchev–Trinajstić information content (AvgIpc) is 2.19. The van der Waals surface area contributed by atoms with Crippen LogP contribution in [0.15, 0.2) is 0 Å². The molecule has 0 amide bonds. The molecular weight excluding hydrogens is 172 g/mol. The van der Waals surface area contributed by atoms with Crippen molar-refractivity contribution >= 4 is 0 Å². The molecule has 1 fully saturated rings. The molecule has 14 heavy (non-hydrogen) atoms. The first-order valence-electron chi connectivity index (χ1n) is 6.21. The first-order chi connectivity index (χ1) is 6.75. The Bertz CT molecular complexity index is 139. The summed E-state index contributed by atoms with van der Waals surface area (Å²) in [7, 11) is 0. The van der Waals surface area contributed by atoms with Crippen molar-refractivity contribution in [1.29, 1.82) is 0 Å². The first kappa shape index (κ1) is 12.0. The summed E-state index contributed by atoms with van der Waals surface area (Å²) in [6.07, 6.45) is 8.09. The predicted octanol–water partition coefficient (Wildman–Crippen LogP) is 2.96. The molecule has 0 bridgehead atoms. The van der Waals surface area contributed by atoms with E-state index in [1.807, 2.05) is 0 Å². The molecule has 0 spiro atoms. The van der Waals surface area contributed by atoms with Crippen molar-refractivity contribution < 1.29 is 0 Å². The van der Waals surface area contributed by atoms with Crippen LogP contribution in [-0.4, -0.2) is 23.6 Å². The molecule has 1 saturated carbocycles.